The molecule has 4 heteroatoms. The molecule has 1 aromatic carbocycles. The van der Waals surface area contributed by atoms with Crippen molar-refractivity contribution in [3.63, 3.8) is 0 Å². The van der Waals surface area contributed by atoms with E-state index in [9.17, 15) is 9.18 Å². The molecule has 0 amide bonds. The molecule has 0 aromatic heterocycles. The van der Waals surface area contributed by atoms with Crippen molar-refractivity contribution in [2.75, 3.05) is 7.11 Å². The Morgan fingerprint density at radius 1 is 1.57 bits per heavy atom. The van der Waals surface area contributed by atoms with E-state index in [2.05, 4.69) is 4.74 Å². The fraction of sp³-hybridized carbons (Fsp3) is 0.300. The van der Waals surface area contributed by atoms with Crippen LogP contribution in [-0.4, -0.2) is 13.1 Å². The van der Waals surface area contributed by atoms with Crippen LogP contribution in [-0.2, 0) is 9.53 Å². The molecule has 1 unspecified atom stereocenters. The van der Waals surface area contributed by atoms with Crippen LogP contribution in [0.25, 0.3) is 0 Å². The van der Waals surface area contributed by atoms with Crippen molar-refractivity contribution in [3.8, 4) is 0 Å². The van der Waals surface area contributed by atoms with Gasteiger partial charge < -0.3 is 10.5 Å². The fourth-order valence-electron chi connectivity index (χ4n) is 1.15. The maximum Gasteiger partial charge on any atom is 0.307 e. The lowest BCUT2D eigenvalue weighted by Gasteiger charge is -2.10. The van der Waals surface area contributed by atoms with E-state index in [1.54, 1.807) is 18.2 Å². The number of hydrogen-bond acceptors (Lipinski definition) is 3. The van der Waals surface area contributed by atoms with Crippen molar-refractivity contribution in [2.24, 2.45) is 5.73 Å². The third-order valence-corrected chi connectivity index (χ3v) is 1.92. The average Bonchev–Trinajstić information content (AvgIpc) is 2.18. The van der Waals surface area contributed by atoms with Crippen LogP contribution in [0.2, 0.25) is 0 Å². The number of carbonyl (C=O) groups excluding carboxylic acids is 1. The molecule has 2 N–H and O–H groups in total. The minimum absolute atomic E-state index is 0.0164. The van der Waals surface area contributed by atoms with E-state index in [4.69, 9.17) is 5.73 Å². The van der Waals surface area contributed by atoms with Crippen molar-refractivity contribution >= 4 is 5.97 Å². The van der Waals surface area contributed by atoms with Crippen LogP contribution in [0.4, 0.5) is 4.39 Å². The molecule has 1 rings (SSSR count). The van der Waals surface area contributed by atoms with Crippen molar-refractivity contribution in [3.05, 3.63) is 35.6 Å². The van der Waals surface area contributed by atoms with Crippen LogP contribution in [0.1, 0.15) is 18.0 Å². The number of rotatable bonds is 3. The lowest BCUT2D eigenvalue weighted by molar-refractivity contribution is -0.141. The Hall–Kier alpha value is -1.42. The lowest BCUT2D eigenvalue weighted by atomic mass is 10.0. The zero-order chi connectivity index (χ0) is 10.6. The standard InChI is InChI=1S/C10H12FNO2/c1-14-10(13)6-9(12)7-4-2-3-5-8(7)11/h2-5,9H,6,12H2,1H3. The van der Waals surface area contributed by atoms with E-state index in [1.165, 1.54) is 13.2 Å². The molecular weight excluding hydrogens is 185 g/mol. The summed E-state index contributed by atoms with van der Waals surface area (Å²) in [6.45, 7) is 0. The molecule has 0 aliphatic rings. The molecular formula is C10H12FNO2. The second-order valence-corrected chi connectivity index (χ2v) is 2.91. The van der Waals surface area contributed by atoms with Gasteiger partial charge in [-0.15, -0.1) is 0 Å². The van der Waals surface area contributed by atoms with Gasteiger partial charge in [0, 0.05) is 11.6 Å². The highest BCUT2D eigenvalue weighted by Gasteiger charge is 2.14. The number of esters is 1. The molecule has 0 aliphatic heterocycles. The van der Waals surface area contributed by atoms with Gasteiger partial charge in [-0.3, -0.25) is 4.79 Å². The summed E-state index contributed by atoms with van der Waals surface area (Å²) in [7, 11) is 1.27. The molecule has 0 bridgehead atoms. The molecule has 76 valence electrons. The Morgan fingerprint density at radius 3 is 2.79 bits per heavy atom. The Balaban J connectivity index is 2.74. The number of nitrogens with two attached hydrogens (primary N) is 1. The van der Waals surface area contributed by atoms with Crippen molar-refractivity contribution < 1.29 is 13.9 Å². The fourth-order valence-corrected chi connectivity index (χ4v) is 1.15. The SMILES string of the molecule is COC(=O)CC(N)c1ccccc1F. The third kappa shape index (κ3) is 2.53. The van der Waals surface area contributed by atoms with Gasteiger partial charge in [0.1, 0.15) is 5.82 Å². The number of ether oxygens (including phenoxy) is 1. The van der Waals surface area contributed by atoms with E-state index in [0.717, 1.165) is 0 Å². The van der Waals surface area contributed by atoms with Crippen molar-refractivity contribution in [2.45, 2.75) is 12.5 Å². The van der Waals surface area contributed by atoms with E-state index in [0.29, 0.717) is 5.56 Å². The molecule has 0 radical (unpaired) electrons. The zero-order valence-electron chi connectivity index (χ0n) is 7.87. The average molecular weight is 197 g/mol. The molecule has 3 nitrogen and oxygen atoms in total. The van der Waals surface area contributed by atoms with Gasteiger partial charge >= 0.3 is 5.97 Å². The number of hydrogen-bond donors (Lipinski definition) is 1. The van der Waals surface area contributed by atoms with E-state index in [1.807, 2.05) is 0 Å². The summed E-state index contributed by atoms with van der Waals surface area (Å²) in [6, 6.07) is 5.47. The summed E-state index contributed by atoms with van der Waals surface area (Å²) in [5.41, 5.74) is 5.96. The first-order valence-corrected chi connectivity index (χ1v) is 4.22. The van der Waals surface area contributed by atoms with Gasteiger partial charge in [0.25, 0.3) is 0 Å². The summed E-state index contributed by atoms with van der Waals surface area (Å²) in [4.78, 5) is 10.9. The zero-order valence-corrected chi connectivity index (χ0v) is 7.87. The van der Waals surface area contributed by atoms with Gasteiger partial charge in [-0.25, -0.2) is 4.39 Å². The van der Waals surface area contributed by atoms with E-state index < -0.39 is 17.8 Å². The maximum atomic E-state index is 13.2. The number of halogens is 1. The summed E-state index contributed by atoms with van der Waals surface area (Å²) < 4.78 is 17.6. The Morgan fingerprint density at radius 2 is 2.21 bits per heavy atom. The highest BCUT2D eigenvalue weighted by Crippen LogP contribution is 2.17. The van der Waals surface area contributed by atoms with Crippen LogP contribution < -0.4 is 5.73 Å². The predicted octanol–water partition coefficient (Wildman–Crippen LogP) is 1.39. The highest BCUT2D eigenvalue weighted by atomic mass is 19.1. The molecule has 14 heavy (non-hydrogen) atoms. The van der Waals surface area contributed by atoms with Crippen LogP contribution in [0, 0.1) is 5.82 Å². The van der Waals surface area contributed by atoms with Crippen molar-refractivity contribution in [1.82, 2.24) is 0 Å². The molecule has 0 spiro atoms. The first kappa shape index (κ1) is 10.7. The second-order valence-electron chi connectivity index (χ2n) is 2.91. The van der Waals surface area contributed by atoms with E-state index in [-0.39, 0.29) is 6.42 Å². The Bertz CT molecular complexity index is 328. The first-order chi connectivity index (χ1) is 6.65. The monoisotopic (exact) mass is 197 g/mol. The first-order valence-electron chi connectivity index (χ1n) is 4.22. The maximum absolute atomic E-state index is 13.2. The Labute approximate surface area is 81.7 Å². The minimum atomic E-state index is -0.649. The number of methoxy groups -OCH3 is 1. The van der Waals surface area contributed by atoms with Crippen LogP contribution in [0.15, 0.2) is 24.3 Å². The highest BCUT2D eigenvalue weighted by molar-refractivity contribution is 5.70. The molecule has 0 saturated heterocycles. The molecule has 1 atom stereocenters. The number of benzene rings is 1. The van der Waals surface area contributed by atoms with Crippen LogP contribution in [0.3, 0.4) is 0 Å². The predicted molar refractivity (Wildman–Crippen MR) is 50.0 cm³/mol. The van der Waals surface area contributed by atoms with Crippen LogP contribution in [0.5, 0.6) is 0 Å². The largest absolute Gasteiger partial charge is 0.469 e. The quantitative estimate of drug-likeness (QED) is 0.745. The van der Waals surface area contributed by atoms with Gasteiger partial charge in [-0.05, 0) is 6.07 Å². The van der Waals surface area contributed by atoms with Crippen molar-refractivity contribution in [1.29, 1.82) is 0 Å². The van der Waals surface area contributed by atoms with Gasteiger partial charge in [-0.1, -0.05) is 18.2 Å². The van der Waals surface area contributed by atoms with Gasteiger partial charge in [-0.2, -0.15) is 0 Å². The van der Waals surface area contributed by atoms with Gasteiger partial charge in [0.15, 0.2) is 0 Å². The topological polar surface area (TPSA) is 52.3 Å². The summed E-state index contributed by atoms with van der Waals surface area (Å²) >= 11 is 0. The number of carbonyl (C=O) groups is 1. The smallest absolute Gasteiger partial charge is 0.307 e. The normalized spacial score (nSPS) is 12.2. The lowest BCUT2D eigenvalue weighted by Crippen LogP contribution is -2.17. The molecule has 0 saturated carbocycles. The third-order valence-electron chi connectivity index (χ3n) is 1.92. The van der Waals surface area contributed by atoms with Gasteiger partial charge in [0.05, 0.1) is 13.5 Å². The summed E-state index contributed by atoms with van der Waals surface area (Å²) in [6.07, 6.45) is -0.0164. The summed E-state index contributed by atoms with van der Waals surface area (Å²) in [5, 5.41) is 0. The van der Waals surface area contributed by atoms with E-state index >= 15 is 0 Å². The molecule has 0 heterocycles. The summed E-state index contributed by atoms with van der Waals surface area (Å²) in [5.74, 6) is -0.843. The molecule has 1 aromatic rings. The minimum Gasteiger partial charge on any atom is -0.469 e. The van der Waals surface area contributed by atoms with Crippen LogP contribution >= 0.6 is 0 Å². The molecule has 0 aliphatic carbocycles. The molecule has 0 fully saturated rings. The van der Waals surface area contributed by atoms with Gasteiger partial charge in [0.2, 0.25) is 0 Å². The second kappa shape index (κ2) is 4.72. The Kier molecular flexibility index (Phi) is 3.59.